The van der Waals surface area contributed by atoms with Crippen molar-refractivity contribution in [3.63, 3.8) is 0 Å². The predicted octanol–water partition coefficient (Wildman–Crippen LogP) is 7.24. The Morgan fingerprint density at radius 1 is 0.969 bits per heavy atom. The molecule has 4 rings (SSSR count). The Morgan fingerprint density at radius 2 is 1.69 bits per heavy atom. The van der Waals surface area contributed by atoms with Crippen LogP contribution in [-0.2, 0) is 6.42 Å². The molecule has 3 aromatic rings. The van der Waals surface area contributed by atoms with Gasteiger partial charge in [0.1, 0.15) is 0 Å². The molecule has 2 atom stereocenters. The zero-order chi connectivity index (χ0) is 22.7. The Morgan fingerprint density at radius 3 is 2.41 bits per heavy atom. The van der Waals surface area contributed by atoms with Crippen molar-refractivity contribution < 1.29 is 4.79 Å². The van der Waals surface area contributed by atoms with Crippen molar-refractivity contribution in [1.29, 1.82) is 0 Å². The lowest BCUT2D eigenvalue weighted by molar-refractivity contribution is 0.0974. The van der Waals surface area contributed by atoms with Gasteiger partial charge < -0.3 is 10.2 Å². The van der Waals surface area contributed by atoms with Gasteiger partial charge in [-0.15, -0.1) is 0 Å². The maximum absolute atomic E-state index is 13.7. The number of aryl methyl sites for hydroxylation is 3. The third-order valence-electron chi connectivity index (χ3n) is 6.62. The summed E-state index contributed by atoms with van der Waals surface area (Å²) >= 11 is 0. The van der Waals surface area contributed by atoms with Crippen molar-refractivity contribution in [3.8, 4) is 0 Å². The normalized spacial score (nSPS) is 17.7. The molecule has 3 nitrogen and oxygen atoms in total. The van der Waals surface area contributed by atoms with Crippen molar-refractivity contribution >= 4 is 17.3 Å². The van der Waals surface area contributed by atoms with Gasteiger partial charge in [0.25, 0.3) is 5.91 Å². The molecule has 0 saturated heterocycles. The van der Waals surface area contributed by atoms with E-state index in [1.165, 1.54) is 29.5 Å². The van der Waals surface area contributed by atoms with Crippen LogP contribution < -0.4 is 10.2 Å². The highest BCUT2D eigenvalue weighted by atomic mass is 16.2. The van der Waals surface area contributed by atoms with Crippen LogP contribution in [0.1, 0.15) is 71.8 Å². The number of benzene rings is 3. The molecule has 0 aliphatic carbocycles. The summed E-state index contributed by atoms with van der Waals surface area (Å²) in [6.45, 7) is 8.60. The lowest BCUT2D eigenvalue weighted by atomic mass is 9.88. The summed E-state index contributed by atoms with van der Waals surface area (Å²) in [5.41, 5.74) is 7.83. The Bertz CT molecular complexity index is 1090. The summed E-state index contributed by atoms with van der Waals surface area (Å²) < 4.78 is 0. The third-order valence-corrected chi connectivity index (χ3v) is 6.62. The minimum absolute atomic E-state index is 0.0874. The summed E-state index contributed by atoms with van der Waals surface area (Å²) in [5.74, 6) is 0.0874. The maximum Gasteiger partial charge on any atom is 0.258 e. The Kier molecular flexibility index (Phi) is 6.64. The van der Waals surface area contributed by atoms with Crippen LogP contribution in [0.4, 0.5) is 11.4 Å². The number of rotatable bonds is 6. The fourth-order valence-electron chi connectivity index (χ4n) is 4.78. The minimum atomic E-state index is 0.0874. The first kappa shape index (κ1) is 22.1. The molecule has 1 aliphatic heterocycles. The number of fused-ring (bicyclic) bond motifs is 1. The second-order valence-corrected chi connectivity index (χ2v) is 9.08. The number of hydrogen-bond acceptors (Lipinski definition) is 2. The van der Waals surface area contributed by atoms with Crippen molar-refractivity contribution in [2.24, 2.45) is 0 Å². The van der Waals surface area contributed by atoms with E-state index in [1.54, 1.807) is 0 Å². The number of para-hydroxylation sites is 2. The van der Waals surface area contributed by atoms with Gasteiger partial charge in [0.15, 0.2) is 0 Å². The summed E-state index contributed by atoms with van der Waals surface area (Å²) in [6, 6.07) is 23.2. The van der Waals surface area contributed by atoms with Gasteiger partial charge in [0.2, 0.25) is 0 Å². The Balaban J connectivity index is 1.66. The topological polar surface area (TPSA) is 32.3 Å². The molecule has 1 heterocycles. The van der Waals surface area contributed by atoms with Gasteiger partial charge in [0.05, 0.1) is 11.7 Å². The average Bonchev–Trinajstić information content (AvgIpc) is 2.80. The monoisotopic (exact) mass is 426 g/mol. The number of hydrogen-bond donors (Lipinski definition) is 1. The molecular weight excluding hydrogens is 392 g/mol. The van der Waals surface area contributed by atoms with E-state index in [0.717, 1.165) is 35.3 Å². The summed E-state index contributed by atoms with van der Waals surface area (Å²) in [7, 11) is 0. The van der Waals surface area contributed by atoms with Gasteiger partial charge in [-0.25, -0.2) is 0 Å². The van der Waals surface area contributed by atoms with Gasteiger partial charge in [-0.2, -0.15) is 0 Å². The first-order valence-electron chi connectivity index (χ1n) is 11.8. The third kappa shape index (κ3) is 4.43. The van der Waals surface area contributed by atoms with E-state index in [1.807, 2.05) is 17.0 Å². The molecule has 3 aromatic carbocycles. The highest BCUT2D eigenvalue weighted by molar-refractivity contribution is 6.07. The lowest BCUT2D eigenvalue weighted by Gasteiger charge is -2.41. The van der Waals surface area contributed by atoms with Gasteiger partial charge in [-0.1, -0.05) is 61.9 Å². The summed E-state index contributed by atoms with van der Waals surface area (Å²) in [6.07, 6.45) is 4.29. The SMILES string of the molecule is CCCCc1ccc(C(=O)N2c3c(C)cccc3[C@H](Nc3ccccc3C)C[C@@H]2C)cc1. The van der Waals surface area contributed by atoms with Crippen molar-refractivity contribution in [2.45, 2.75) is 65.5 Å². The second kappa shape index (κ2) is 9.60. The van der Waals surface area contributed by atoms with Crippen LogP contribution in [0.15, 0.2) is 66.7 Å². The fraction of sp³-hybridized carbons (Fsp3) is 0.345. The van der Waals surface area contributed by atoms with E-state index in [9.17, 15) is 4.79 Å². The Labute approximate surface area is 192 Å². The predicted molar refractivity (Wildman–Crippen MR) is 135 cm³/mol. The van der Waals surface area contributed by atoms with Crippen molar-refractivity contribution in [3.05, 3.63) is 94.5 Å². The molecule has 32 heavy (non-hydrogen) atoms. The van der Waals surface area contributed by atoms with Crippen LogP contribution in [0, 0.1) is 13.8 Å². The zero-order valence-electron chi connectivity index (χ0n) is 19.7. The number of nitrogens with zero attached hydrogens (tertiary/aromatic N) is 1. The van der Waals surface area contributed by atoms with Gasteiger partial charge in [-0.3, -0.25) is 4.79 Å². The molecule has 1 aliphatic rings. The van der Waals surface area contributed by atoms with Gasteiger partial charge in [0, 0.05) is 17.3 Å². The highest BCUT2D eigenvalue weighted by Gasteiger charge is 2.35. The smallest absolute Gasteiger partial charge is 0.258 e. The molecule has 1 amide bonds. The number of carbonyl (C=O) groups excluding carboxylic acids is 1. The molecule has 0 unspecified atom stereocenters. The molecule has 0 spiro atoms. The minimum Gasteiger partial charge on any atom is -0.378 e. The van der Waals surface area contributed by atoms with Crippen molar-refractivity contribution in [2.75, 3.05) is 10.2 Å². The number of nitrogens with one attached hydrogen (secondary N) is 1. The molecule has 0 saturated carbocycles. The number of unbranched alkanes of at least 4 members (excludes halogenated alkanes) is 1. The average molecular weight is 427 g/mol. The van der Waals surface area contributed by atoms with E-state index in [4.69, 9.17) is 0 Å². The summed E-state index contributed by atoms with van der Waals surface area (Å²) in [5, 5.41) is 3.75. The first-order valence-corrected chi connectivity index (χ1v) is 11.8. The molecule has 0 radical (unpaired) electrons. The van der Waals surface area contributed by atoms with E-state index in [2.05, 4.69) is 87.6 Å². The standard InChI is InChI=1S/C29H34N2O/c1-5-6-12-23-15-17-24(18-16-23)29(32)31-22(4)19-27(25-13-9-11-21(3)28(25)31)30-26-14-8-7-10-20(26)2/h7-11,13-18,22,27,30H,5-6,12,19H2,1-4H3/t22-,27+/m0/s1. The van der Waals surface area contributed by atoms with Crippen LogP contribution in [-0.4, -0.2) is 11.9 Å². The molecule has 3 heteroatoms. The number of anilines is 2. The number of carbonyl (C=O) groups is 1. The second-order valence-electron chi connectivity index (χ2n) is 9.08. The zero-order valence-corrected chi connectivity index (χ0v) is 19.7. The van der Waals surface area contributed by atoms with Crippen LogP contribution in [0.25, 0.3) is 0 Å². The first-order chi connectivity index (χ1) is 15.5. The fourth-order valence-corrected chi connectivity index (χ4v) is 4.78. The van der Waals surface area contributed by atoms with E-state index in [0.29, 0.717) is 0 Å². The quantitative estimate of drug-likeness (QED) is 0.450. The van der Waals surface area contributed by atoms with Crippen LogP contribution >= 0.6 is 0 Å². The number of amides is 1. The maximum atomic E-state index is 13.7. The molecule has 0 bridgehead atoms. The van der Waals surface area contributed by atoms with Crippen LogP contribution in [0.2, 0.25) is 0 Å². The highest BCUT2D eigenvalue weighted by Crippen LogP contribution is 2.41. The molecule has 0 fully saturated rings. The molecular formula is C29H34N2O. The van der Waals surface area contributed by atoms with Crippen molar-refractivity contribution in [1.82, 2.24) is 0 Å². The van der Waals surface area contributed by atoms with E-state index < -0.39 is 0 Å². The molecule has 0 aromatic heterocycles. The van der Waals surface area contributed by atoms with Crippen LogP contribution in [0.5, 0.6) is 0 Å². The van der Waals surface area contributed by atoms with Gasteiger partial charge in [-0.05, 0) is 80.5 Å². The van der Waals surface area contributed by atoms with Crippen LogP contribution in [0.3, 0.4) is 0 Å². The molecule has 166 valence electrons. The van der Waals surface area contributed by atoms with E-state index in [-0.39, 0.29) is 18.0 Å². The van der Waals surface area contributed by atoms with E-state index >= 15 is 0 Å². The summed E-state index contributed by atoms with van der Waals surface area (Å²) in [4.78, 5) is 15.7. The van der Waals surface area contributed by atoms with Gasteiger partial charge >= 0.3 is 0 Å². The Hall–Kier alpha value is -3.07. The largest absolute Gasteiger partial charge is 0.378 e. The molecule has 1 N–H and O–H groups in total. The lowest BCUT2D eigenvalue weighted by Crippen LogP contribution is -2.44.